The number of amides is 1. The highest BCUT2D eigenvalue weighted by molar-refractivity contribution is 9.09. The summed E-state index contributed by atoms with van der Waals surface area (Å²) < 4.78 is 0. The number of rotatable bonds is 7. The summed E-state index contributed by atoms with van der Waals surface area (Å²) in [5.41, 5.74) is 0. The van der Waals surface area contributed by atoms with Crippen LogP contribution < -0.4 is 5.32 Å². The molecule has 0 rings (SSSR count). The second-order valence-electron chi connectivity index (χ2n) is 3.25. The monoisotopic (exact) mass is 249 g/mol. The Morgan fingerprint density at radius 1 is 1.46 bits per heavy atom. The minimum atomic E-state index is 0.192. The van der Waals surface area contributed by atoms with Gasteiger partial charge in [0.15, 0.2) is 0 Å². The van der Waals surface area contributed by atoms with Crippen LogP contribution in [0.25, 0.3) is 0 Å². The molecule has 0 spiro atoms. The number of nitrogens with one attached hydrogen (secondary N) is 1. The Hall–Kier alpha value is -0.0500. The lowest BCUT2D eigenvalue weighted by Crippen LogP contribution is -2.25. The Kier molecular flexibility index (Phi) is 8.51. The summed E-state index contributed by atoms with van der Waals surface area (Å²) >= 11 is 3.53. The van der Waals surface area contributed by atoms with Gasteiger partial charge in [0, 0.05) is 17.8 Å². The van der Waals surface area contributed by atoms with Crippen molar-refractivity contribution in [3.63, 3.8) is 0 Å². The van der Waals surface area contributed by atoms with Gasteiger partial charge in [0.25, 0.3) is 0 Å². The van der Waals surface area contributed by atoms with Gasteiger partial charge >= 0.3 is 0 Å². The molecule has 0 bridgehead atoms. The van der Waals surface area contributed by atoms with Crippen molar-refractivity contribution in [2.45, 2.75) is 50.8 Å². The van der Waals surface area contributed by atoms with E-state index in [1.165, 1.54) is 0 Å². The summed E-state index contributed by atoms with van der Waals surface area (Å²) in [6, 6.07) is 0. The smallest absolute Gasteiger partial charge is 0.219 e. The maximum absolute atomic E-state index is 11.1. The first kappa shape index (κ1) is 12.9. The van der Waals surface area contributed by atoms with Crippen LogP contribution in [-0.2, 0) is 4.79 Å². The first-order valence-corrected chi connectivity index (χ1v) is 6.03. The van der Waals surface area contributed by atoms with Crippen LogP contribution in [0.1, 0.15) is 46.0 Å². The lowest BCUT2D eigenvalue weighted by Gasteiger charge is -2.07. The molecular formula is C10H20BrNO. The van der Waals surface area contributed by atoms with E-state index < -0.39 is 0 Å². The summed E-state index contributed by atoms with van der Waals surface area (Å²) in [7, 11) is 0. The Labute approximate surface area is 89.6 Å². The number of halogens is 1. The highest BCUT2D eigenvalue weighted by Gasteiger charge is 2.02. The zero-order valence-electron chi connectivity index (χ0n) is 8.61. The fraction of sp³-hybridized carbons (Fsp3) is 0.900. The first-order valence-electron chi connectivity index (χ1n) is 5.11. The standard InChI is InChI=1S/C10H20BrNO/c1-3-5-6-10(13)12-8-7-9(11)4-2/h9H,3-8H2,1-2H3,(H,12,13). The van der Waals surface area contributed by atoms with Crippen molar-refractivity contribution in [1.82, 2.24) is 5.32 Å². The van der Waals surface area contributed by atoms with E-state index in [1.54, 1.807) is 0 Å². The first-order chi connectivity index (χ1) is 6.20. The van der Waals surface area contributed by atoms with Crippen LogP contribution in [-0.4, -0.2) is 17.3 Å². The minimum absolute atomic E-state index is 0.192. The van der Waals surface area contributed by atoms with Gasteiger partial charge in [-0.3, -0.25) is 4.79 Å². The number of carbonyl (C=O) groups is 1. The number of hydrogen-bond acceptors (Lipinski definition) is 1. The molecule has 0 fully saturated rings. The molecule has 1 unspecified atom stereocenters. The third-order valence-corrected chi connectivity index (χ3v) is 3.09. The highest BCUT2D eigenvalue weighted by atomic mass is 79.9. The van der Waals surface area contributed by atoms with Gasteiger partial charge in [0.1, 0.15) is 0 Å². The van der Waals surface area contributed by atoms with E-state index in [-0.39, 0.29) is 5.91 Å². The van der Waals surface area contributed by atoms with Crippen molar-refractivity contribution >= 4 is 21.8 Å². The summed E-state index contributed by atoms with van der Waals surface area (Å²) in [6.45, 7) is 5.03. The van der Waals surface area contributed by atoms with E-state index in [4.69, 9.17) is 0 Å². The molecule has 78 valence electrons. The molecule has 0 aromatic rings. The van der Waals surface area contributed by atoms with Crippen molar-refractivity contribution in [3.8, 4) is 0 Å². The molecule has 0 aliphatic rings. The van der Waals surface area contributed by atoms with Crippen LogP contribution in [0.3, 0.4) is 0 Å². The van der Waals surface area contributed by atoms with Crippen molar-refractivity contribution in [2.75, 3.05) is 6.54 Å². The van der Waals surface area contributed by atoms with E-state index in [1.807, 2.05) is 0 Å². The molecule has 0 aromatic carbocycles. The Morgan fingerprint density at radius 3 is 2.69 bits per heavy atom. The predicted octanol–water partition coefficient (Wildman–Crippen LogP) is 2.86. The quantitative estimate of drug-likeness (QED) is 0.691. The molecule has 0 heterocycles. The third-order valence-electron chi connectivity index (χ3n) is 1.98. The second kappa shape index (κ2) is 8.54. The number of unbranched alkanes of at least 4 members (excludes halogenated alkanes) is 1. The van der Waals surface area contributed by atoms with Crippen molar-refractivity contribution in [2.24, 2.45) is 0 Å². The van der Waals surface area contributed by atoms with Gasteiger partial charge < -0.3 is 5.32 Å². The minimum Gasteiger partial charge on any atom is -0.356 e. The molecular weight excluding hydrogens is 230 g/mol. The lowest BCUT2D eigenvalue weighted by atomic mass is 10.2. The van der Waals surface area contributed by atoms with E-state index in [0.29, 0.717) is 11.2 Å². The molecule has 0 radical (unpaired) electrons. The lowest BCUT2D eigenvalue weighted by molar-refractivity contribution is -0.121. The molecule has 1 amide bonds. The molecule has 0 aliphatic carbocycles. The van der Waals surface area contributed by atoms with Crippen LogP contribution in [0.5, 0.6) is 0 Å². The second-order valence-corrected chi connectivity index (χ2v) is 4.54. The van der Waals surface area contributed by atoms with E-state index in [0.717, 1.165) is 32.2 Å². The van der Waals surface area contributed by atoms with Gasteiger partial charge in [-0.25, -0.2) is 0 Å². The number of alkyl halides is 1. The van der Waals surface area contributed by atoms with Gasteiger partial charge in [0.2, 0.25) is 5.91 Å². The van der Waals surface area contributed by atoms with Crippen molar-refractivity contribution in [3.05, 3.63) is 0 Å². The fourth-order valence-electron chi connectivity index (χ4n) is 0.998. The summed E-state index contributed by atoms with van der Waals surface area (Å²) in [6.07, 6.45) is 4.90. The van der Waals surface area contributed by atoms with Crippen LogP contribution in [0.2, 0.25) is 0 Å². The Morgan fingerprint density at radius 2 is 2.15 bits per heavy atom. The van der Waals surface area contributed by atoms with Crippen LogP contribution in [0.15, 0.2) is 0 Å². The van der Waals surface area contributed by atoms with Gasteiger partial charge in [-0.2, -0.15) is 0 Å². The van der Waals surface area contributed by atoms with E-state index >= 15 is 0 Å². The molecule has 0 aromatic heterocycles. The molecule has 0 aliphatic heterocycles. The highest BCUT2D eigenvalue weighted by Crippen LogP contribution is 2.07. The third kappa shape index (κ3) is 8.28. The maximum atomic E-state index is 11.1. The van der Waals surface area contributed by atoms with E-state index in [2.05, 4.69) is 35.1 Å². The fourth-order valence-corrected chi connectivity index (χ4v) is 1.23. The Bertz CT molecular complexity index is 139. The Balaban J connectivity index is 3.26. The van der Waals surface area contributed by atoms with Gasteiger partial charge in [-0.05, 0) is 19.3 Å². The molecule has 1 atom stereocenters. The average molecular weight is 250 g/mol. The van der Waals surface area contributed by atoms with Crippen LogP contribution >= 0.6 is 15.9 Å². The largest absolute Gasteiger partial charge is 0.356 e. The predicted molar refractivity (Wildman–Crippen MR) is 60.2 cm³/mol. The normalized spacial score (nSPS) is 12.5. The van der Waals surface area contributed by atoms with Crippen molar-refractivity contribution in [1.29, 1.82) is 0 Å². The molecule has 0 saturated carbocycles. The summed E-state index contributed by atoms with van der Waals surface area (Å²) in [5.74, 6) is 0.192. The zero-order chi connectivity index (χ0) is 10.1. The average Bonchev–Trinajstić information content (AvgIpc) is 2.14. The summed E-state index contributed by atoms with van der Waals surface area (Å²) in [4.78, 5) is 11.7. The molecule has 0 saturated heterocycles. The number of carbonyl (C=O) groups excluding carboxylic acids is 1. The van der Waals surface area contributed by atoms with Crippen molar-refractivity contribution < 1.29 is 4.79 Å². The molecule has 13 heavy (non-hydrogen) atoms. The van der Waals surface area contributed by atoms with Crippen LogP contribution in [0.4, 0.5) is 0 Å². The molecule has 2 nitrogen and oxygen atoms in total. The maximum Gasteiger partial charge on any atom is 0.219 e. The van der Waals surface area contributed by atoms with Gasteiger partial charge in [0.05, 0.1) is 0 Å². The molecule has 3 heteroatoms. The zero-order valence-corrected chi connectivity index (χ0v) is 10.2. The molecule has 1 N–H and O–H groups in total. The summed E-state index contributed by atoms with van der Waals surface area (Å²) in [5, 5.41) is 2.91. The van der Waals surface area contributed by atoms with Gasteiger partial charge in [-0.1, -0.05) is 36.2 Å². The van der Waals surface area contributed by atoms with Gasteiger partial charge in [-0.15, -0.1) is 0 Å². The van der Waals surface area contributed by atoms with Crippen LogP contribution in [0, 0.1) is 0 Å². The number of hydrogen-bond donors (Lipinski definition) is 1. The topological polar surface area (TPSA) is 29.1 Å². The van der Waals surface area contributed by atoms with E-state index in [9.17, 15) is 4.79 Å². The SMILES string of the molecule is CCCCC(=O)NCCC(Br)CC.